The first-order chi connectivity index (χ1) is 17.2. The van der Waals surface area contributed by atoms with Gasteiger partial charge in [0.15, 0.2) is 17.5 Å². The second-order valence-electron chi connectivity index (χ2n) is 8.73. The van der Waals surface area contributed by atoms with Crippen LogP contribution in [-0.4, -0.2) is 78.5 Å². The Morgan fingerprint density at radius 3 is 2.42 bits per heavy atom. The third-order valence-corrected chi connectivity index (χ3v) is 7.56. The molecule has 0 bridgehead atoms. The number of nitrogens with one attached hydrogen (secondary N) is 1. The molecule has 0 spiro atoms. The van der Waals surface area contributed by atoms with Gasteiger partial charge in [0.1, 0.15) is 17.5 Å². The van der Waals surface area contributed by atoms with Gasteiger partial charge in [-0.25, -0.2) is 22.8 Å². The van der Waals surface area contributed by atoms with Crippen LogP contribution < -0.4 is 4.72 Å². The number of nitrogens with zero attached hydrogens (tertiary/aromatic N) is 5. The number of hydrogen-bond acceptors (Lipinski definition) is 10. The number of sulfonamides is 1. The van der Waals surface area contributed by atoms with E-state index >= 15 is 0 Å². The topological polar surface area (TPSA) is 140 Å². The van der Waals surface area contributed by atoms with Gasteiger partial charge >= 0.3 is 0 Å². The first-order valence-electron chi connectivity index (χ1n) is 11.9. The highest BCUT2D eigenvalue weighted by molar-refractivity contribution is 7.93. The van der Waals surface area contributed by atoms with Crippen molar-refractivity contribution in [2.75, 3.05) is 38.8 Å². The summed E-state index contributed by atoms with van der Waals surface area (Å²) in [5.41, 5.74) is 0. The summed E-state index contributed by atoms with van der Waals surface area (Å²) in [7, 11) is -1.01. The fourth-order valence-corrected chi connectivity index (χ4v) is 5.15. The maximum absolute atomic E-state index is 13.5. The Balaban J connectivity index is 1.95. The average Bonchev–Trinajstić information content (AvgIpc) is 3.45. The molecule has 12 nitrogen and oxygen atoms in total. The molecule has 36 heavy (non-hydrogen) atoms. The van der Waals surface area contributed by atoms with E-state index in [1.165, 1.54) is 6.92 Å². The number of hydrogen-bond donors (Lipinski definition) is 1. The van der Waals surface area contributed by atoms with Crippen molar-refractivity contribution in [1.29, 1.82) is 0 Å². The minimum atomic E-state index is -4.10. The molecule has 1 fully saturated rings. The average molecular weight is 531 g/mol. The molecule has 0 aromatic carbocycles. The number of methoxy groups -OCH3 is 2. The predicted molar refractivity (Wildman–Crippen MR) is 128 cm³/mol. The molecule has 2 aromatic rings. The Morgan fingerprint density at radius 1 is 1.19 bits per heavy atom. The van der Waals surface area contributed by atoms with Crippen molar-refractivity contribution in [3.05, 3.63) is 29.9 Å². The van der Waals surface area contributed by atoms with Gasteiger partial charge in [-0.2, -0.15) is 0 Å². The van der Waals surface area contributed by atoms with E-state index < -0.39 is 33.2 Å². The van der Waals surface area contributed by atoms with E-state index in [4.69, 9.17) is 18.9 Å². The van der Waals surface area contributed by atoms with E-state index in [1.807, 2.05) is 13.8 Å². The van der Waals surface area contributed by atoms with Crippen molar-refractivity contribution in [3.8, 4) is 0 Å². The molecule has 3 heterocycles. The molecule has 0 amide bonds. The maximum Gasteiger partial charge on any atom is 0.240 e. The van der Waals surface area contributed by atoms with Gasteiger partial charge < -0.3 is 18.9 Å². The molecule has 0 saturated carbocycles. The summed E-state index contributed by atoms with van der Waals surface area (Å²) >= 11 is 0. The largest absolute Gasteiger partial charge is 0.382 e. The van der Waals surface area contributed by atoms with Crippen LogP contribution in [0.3, 0.4) is 0 Å². The predicted octanol–water partition coefficient (Wildman–Crippen LogP) is 2.58. The van der Waals surface area contributed by atoms with Crippen molar-refractivity contribution >= 4 is 16.0 Å². The first-order valence-corrected chi connectivity index (χ1v) is 13.4. The lowest BCUT2D eigenvalue weighted by Gasteiger charge is -2.25. The summed E-state index contributed by atoms with van der Waals surface area (Å²) in [6.45, 7) is 6.07. The lowest BCUT2D eigenvalue weighted by molar-refractivity contribution is 0.0405. The third kappa shape index (κ3) is 6.73. The van der Waals surface area contributed by atoms with E-state index in [0.29, 0.717) is 12.2 Å². The maximum atomic E-state index is 13.5. The molecular formula is C22H35FN6O6S. The summed E-state index contributed by atoms with van der Waals surface area (Å²) in [4.78, 5) is 7.89. The van der Waals surface area contributed by atoms with E-state index in [9.17, 15) is 12.8 Å². The van der Waals surface area contributed by atoms with Crippen LogP contribution in [0, 0.1) is 5.82 Å². The fourth-order valence-electron chi connectivity index (χ4n) is 4.04. The standard InChI is InChI=1S/C22H35FN6O6S/c1-6-9-34-19(20-24-10-16(23)11-25-20)15(3)36(30,31)28-22-27-26-21(18-8-7-14(2)35-18)29(22)17(12-32-4)13-33-5/h10-11,14-15,17-19H,6-9,12-13H2,1-5H3,(H,27,28)/t14-,15-,18-,19+/m0/s1. The van der Waals surface area contributed by atoms with Crippen LogP contribution in [0.25, 0.3) is 0 Å². The van der Waals surface area contributed by atoms with Crippen LogP contribution in [0.2, 0.25) is 0 Å². The highest BCUT2D eigenvalue weighted by Gasteiger charge is 2.37. The lowest BCUT2D eigenvalue weighted by Crippen LogP contribution is -2.35. The van der Waals surface area contributed by atoms with Gasteiger partial charge in [0.2, 0.25) is 16.0 Å². The van der Waals surface area contributed by atoms with Crippen molar-refractivity contribution in [1.82, 2.24) is 24.7 Å². The zero-order valence-electron chi connectivity index (χ0n) is 21.3. The first kappa shape index (κ1) is 28.3. The summed E-state index contributed by atoms with van der Waals surface area (Å²) < 4.78 is 67.1. The molecule has 1 aliphatic heterocycles. The Bertz CT molecular complexity index is 1060. The van der Waals surface area contributed by atoms with Gasteiger partial charge in [-0.1, -0.05) is 6.92 Å². The minimum Gasteiger partial charge on any atom is -0.382 e. The summed E-state index contributed by atoms with van der Waals surface area (Å²) in [5.74, 6) is -0.0688. The Morgan fingerprint density at radius 2 is 1.86 bits per heavy atom. The fraction of sp³-hybridized carbons (Fsp3) is 0.727. The van der Waals surface area contributed by atoms with Gasteiger partial charge in [-0.3, -0.25) is 9.29 Å². The smallest absolute Gasteiger partial charge is 0.240 e. The van der Waals surface area contributed by atoms with Crippen molar-refractivity contribution < 1.29 is 31.8 Å². The van der Waals surface area contributed by atoms with Crippen molar-refractivity contribution in [2.24, 2.45) is 0 Å². The molecule has 1 saturated heterocycles. The number of rotatable bonds is 14. The summed E-state index contributed by atoms with van der Waals surface area (Å²) in [5, 5.41) is 7.29. The van der Waals surface area contributed by atoms with Gasteiger partial charge in [-0.05, 0) is 33.1 Å². The van der Waals surface area contributed by atoms with Gasteiger partial charge in [0.25, 0.3) is 0 Å². The SMILES string of the molecule is CCCO[C@@H](c1ncc(F)cn1)[C@H](C)S(=O)(=O)Nc1nnc([C@@H]2CC[C@H](C)O2)n1C(COC)COC. The van der Waals surface area contributed by atoms with E-state index in [2.05, 4.69) is 24.9 Å². The van der Waals surface area contributed by atoms with Crippen LogP contribution in [0.5, 0.6) is 0 Å². The van der Waals surface area contributed by atoms with Crippen LogP contribution in [0.15, 0.2) is 12.4 Å². The quantitative estimate of drug-likeness (QED) is 0.387. The third-order valence-electron chi connectivity index (χ3n) is 5.87. The molecule has 1 aliphatic rings. The van der Waals surface area contributed by atoms with Gasteiger partial charge in [0.05, 0.1) is 37.8 Å². The number of anilines is 1. The van der Waals surface area contributed by atoms with Crippen molar-refractivity contribution in [2.45, 2.75) is 69.6 Å². The van der Waals surface area contributed by atoms with Gasteiger partial charge in [-0.15, -0.1) is 10.2 Å². The molecule has 3 rings (SSSR count). The van der Waals surface area contributed by atoms with Crippen LogP contribution in [0.1, 0.15) is 69.9 Å². The highest BCUT2D eigenvalue weighted by atomic mass is 32.2. The van der Waals surface area contributed by atoms with Gasteiger partial charge in [0, 0.05) is 20.8 Å². The highest BCUT2D eigenvalue weighted by Crippen LogP contribution is 2.35. The van der Waals surface area contributed by atoms with E-state index in [-0.39, 0.29) is 43.8 Å². The number of ether oxygens (including phenoxy) is 4. The summed E-state index contributed by atoms with van der Waals surface area (Å²) in [6.07, 6.45) is 2.85. The monoisotopic (exact) mass is 530 g/mol. The number of aromatic nitrogens is 5. The van der Waals surface area contributed by atoms with Crippen LogP contribution >= 0.6 is 0 Å². The zero-order valence-corrected chi connectivity index (χ0v) is 22.1. The molecule has 4 atom stereocenters. The second kappa shape index (κ2) is 12.8. The van der Waals surface area contributed by atoms with Crippen LogP contribution in [-0.2, 0) is 29.0 Å². The van der Waals surface area contributed by atoms with Crippen molar-refractivity contribution in [3.63, 3.8) is 0 Å². The molecule has 0 unspecified atom stereocenters. The molecular weight excluding hydrogens is 495 g/mol. The molecule has 1 N–H and O–H groups in total. The normalized spacial score (nSPS) is 20.1. The Hall–Kier alpha value is -2.26. The molecule has 0 radical (unpaired) electrons. The zero-order chi connectivity index (χ0) is 26.3. The summed E-state index contributed by atoms with van der Waals surface area (Å²) in [6, 6.07) is -0.412. The van der Waals surface area contributed by atoms with E-state index in [1.54, 1.807) is 18.8 Å². The van der Waals surface area contributed by atoms with Crippen LogP contribution in [0.4, 0.5) is 10.3 Å². The van der Waals surface area contributed by atoms with E-state index in [0.717, 1.165) is 25.2 Å². The molecule has 202 valence electrons. The molecule has 14 heteroatoms. The molecule has 0 aliphatic carbocycles. The second-order valence-corrected chi connectivity index (χ2v) is 10.8. The Labute approximate surface area is 211 Å². The lowest BCUT2D eigenvalue weighted by atomic mass is 10.2. The number of halogens is 1. The Kier molecular flexibility index (Phi) is 10.1. The molecule has 2 aromatic heterocycles. The minimum absolute atomic E-state index is 0.00775.